The van der Waals surface area contributed by atoms with E-state index < -0.39 is 0 Å². The summed E-state index contributed by atoms with van der Waals surface area (Å²) in [6.45, 7) is 3.09. The first-order valence-electron chi connectivity index (χ1n) is 13.1. The van der Waals surface area contributed by atoms with Crippen molar-refractivity contribution in [2.75, 3.05) is 13.7 Å². The highest BCUT2D eigenvalue weighted by Crippen LogP contribution is 2.37. The molecule has 208 valence electrons. The zero-order chi connectivity index (χ0) is 28.6. The zero-order valence-electron chi connectivity index (χ0n) is 22.7. The number of nitrogens with zero attached hydrogens (tertiary/aromatic N) is 2. The summed E-state index contributed by atoms with van der Waals surface area (Å²) in [6.07, 6.45) is 1.86. The van der Waals surface area contributed by atoms with Crippen LogP contribution in [0, 0.1) is 0 Å². The monoisotopic (exact) mass is 584 g/mol. The van der Waals surface area contributed by atoms with Gasteiger partial charge in [0.15, 0.2) is 16.7 Å². The molecular weight excluding hydrogens is 556 g/mol. The first-order chi connectivity index (χ1) is 20.0. The second-order valence-corrected chi connectivity index (χ2v) is 10.5. The maximum atomic E-state index is 13.7. The number of ether oxygens (including phenoxy) is 3. The second kappa shape index (κ2) is 13.4. The van der Waals surface area contributed by atoms with Crippen LogP contribution in [0.3, 0.4) is 0 Å². The number of carbonyl (C=O) groups is 1. The topological polar surface area (TPSA) is 60.4 Å². The third kappa shape index (κ3) is 7.12. The van der Waals surface area contributed by atoms with Gasteiger partial charge in [0, 0.05) is 10.6 Å². The number of amidine groups is 1. The van der Waals surface area contributed by atoms with E-state index in [9.17, 15) is 4.79 Å². The van der Waals surface area contributed by atoms with Crippen molar-refractivity contribution in [1.82, 2.24) is 4.90 Å². The number of methoxy groups -OCH3 is 1. The number of rotatable bonds is 10. The molecule has 1 saturated heterocycles. The SMILES string of the molecule is CCOc1cc(C=C2SC(=Nc3ccccc3)N(Cc3ccc(OC)cc3)C2=O)ccc1OCc1ccccc1Cl. The summed E-state index contributed by atoms with van der Waals surface area (Å²) in [5.41, 5.74) is 3.46. The molecule has 1 amide bonds. The van der Waals surface area contributed by atoms with Gasteiger partial charge >= 0.3 is 0 Å². The normalized spacial score (nSPS) is 15.0. The van der Waals surface area contributed by atoms with E-state index in [0.717, 1.165) is 28.1 Å². The molecule has 1 heterocycles. The predicted molar refractivity (Wildman–Crippen MR) is 166 cm³/mol. The van der Waals surface area contributed by atoms with Crippen LogP contribution >= 0.6 is 23.4 Å². The van der Waals surface area contributed by atoms with E-state index in [2.05, 4.69) is 0 Å². The van der Waals surface area contributed by atoms with E-state index in [-0.39, 0.29) is 5.91 Å². The molecule has 5 rings (SSSR count). The Hall–Kier alpha value is -4.20. The minimum absolute atomic E-state index is 0.113. The van der Waals surface area contributed by atoms with E-state index in [1.165, 1.54) is 11.8 Å². The minimum Gasteiger partial charge on any atom is -0.497 e. The van der Waals surface area contributed by atoms with Crippen LogP contribution in [-0.2, 0) is 17.9 Å². The third-order valence-corrected chi connectivity index (χ3v) is 7.65. The van der Waals surface area contributed by atoms with Crippen LogP contribution in [0.4, 0.5) is 5.69 Å². The Kier molecular flexibility index (Phi) is 9.29. The van der Waals surface area contributed by atoms with Crippen molar-refractivity contribution in [3.63, 3.8) is 0 Å². The second-order valence-electron chi connectivity index (χ2n) is 9.10. The summed E-state index contributed by atoms with van der Waals surface area (Å²) in [7, 11) is 1.63. The van der Waals surface area contributed by atoms with Crippen molar-refractivity contribution in [2.24, 2.45) is 4.99 Å². The van der Waals surface area contributed by atoms with Crippen molar-refractivity contribution >= 4 is 46.2 Å². The molecule has 0 N–H and O–H groups in total. The van der Waals surface area contributed by atoms with Gasteiger partial charge in [-0.05, 0) is 78.4 Å². The molecule has 1 aliphatic heterocycles. The molecule has 0 saturated carbocycles. The molecule has 0 aromatic heterocycles. The summed E-state index contributed by atoms with van der Waals surface area (Å²) in [5, 5.41) is 1.27. The molecule has 0 atom stereocenters. The molecule has 0 unspecified atom stereocenters. The standard InChI is InChI=1S/C33H29ClN2O4S/c1-3-39-30-19-24(15-18-29(30)40-22-25-9-7-8-12-28(25)34)20-31-32(37)36(21-23-13-16-27(38-2)17-14-23)33(41-31)35-26-10-5-4-6-11-26/h4-20H,3,21-22H2,1-2H3. The fourth-order valence-electron chi connectivity index (χ4n) is 4.18. The van der Waals surface area contributed by atoms with E-state index in [1.807, 2.05) is 110 Å². The van der Waals surface area contributed by atoms with Gasteiger partial charge in [-0.25, -0.2) is 4.99 Å². The fourth-order valence-corrected chi connectivity index (χ4v) is 5.37. The van der Waals surface area contributed by atoms with Gasteiger partial charge in [0.1, 0.15) is 12.4 Å². The van der Waals surface area contributed by atoms with Gasteiger partial charge in [0.05, 0.1) is 30.9 Å². The highest BCUT2D eigenvalue weighted by atomic mass is 35.5. The number of thioether (sulfide) groups is 1. The van der Waals surface area contributed by atoms with Gasteiger partial charge in [-0.1, -0.05) is 66.2 Å². The molecule has 1 aliphatic rings. The molecule has 0 radical (unpaired) electrons. The maximum Gasteiger partial charge on any atom is 0.267 e. The smallest absolute Gasteiger partial charge is 0.267 e. The number of halogens is 1. The lowest BCUT2D eigenvalue weighted by atomic mass is 10.1. The van der Waals surface area contributed by atoms with Crippen LogP contribution in [0.15, 0.2) is 107 Å². The molecule has 6 nitrogen and oxygen atoms in total. The Balaban J connectivity index is 1.41. The summed E-state index contributed by atoms with van der Waals surface area (Å²) < 4.78 is 17.2. The maximum absolute atomic E-state index is 13.7. The van der Waals surface area contributed by atoms with E-state index in [4.69, 9.17) is 30.8 Å². The highest BCUT2D eigenvalue weighted by molar-refractivity contribution is 8.18. The molecule has 0 bridgehead atoms. The van der Waals surface area contributed by atoms with Crippen LogP contribution in [0.5, 0.6) is 17.2 Å². The first kappa shape index (κ1) is 28.3. The number of benzene rings is 4. The van der Waals surface area contributed by atoms with Crippen LogP contribution in [0.1, 0.15) is 23.6 Å². The number of hydrogen-bond acceptors (Lipinski definition) is 6. The summed E-state index contributed by atoms with van der Waals surface area (Å²) in [6, 6.07) is 30.5. The van der Waals surface area contributed by atoms with E-state index >= 15 is 0 Å². The van der Waals surface area contributed by atoms with Crippen molar-refractivity contribution in [1.29, 1.82) is 0 Å². The molecule has 8 heteroatoms. The molecule has 0 spiro atoms. The summed E-state index contributed by atoms with van der Waals surface area (Å²) in [5.74, 6) is 1.85. The molecule has 4 aromatic carbocycles. The molecule has 1 fully saturated rings. The predicted octanol–water partition coefficient (Wildman–Crippen LogP) is 8.13. The summed E-state index contributed by atoms with van der Waals surface area (Å²) in [4.78, 5) is 20.7. The zero-order valence-corrected chi connectivity index (χ0v) is 24.3. The Morgan fingerprint density at radius 2 is 1.66 bits per heavy atom. The van der Waals surface area contributed by atoms with Crippen LogP contribution in [0.2, 0.25) is 5.02 Å². The van der Waals surface area contributed by atoms with Crippen molar-refractivity contribution in [3.05, 3.63) is 124 Å². The number of hydrogen-bond donors (Lipinski definition) is 0. The summed E-state index contributed by atoms with van der Waals surface area (Å²) >= 11 is 7.64. The largest absolute Gasteiger partial charge is 0.497 e. The van der Waals surface area contributed by atoms with Crippen molar-refractivity contribution < 1.29 is 19.0 Å². The molecule has 4 aromatic rings. The highest BCUT2D eigenvalue weighted by Gasteiger charge is 2.33. The Morgan fingerprint density at radius 1 is 0.902 bits per heavy atom. The van der Waals surface area contributed by atoms with Gasteiger partial charge in [-0.3, -0.25) is 9.69 Å². The number of para-hydroxylation sites is 1. The quantitative estimate of drug-likeness (QED) is 0.176. The van der Waals surface area contributed by atoms with E-state index in [1.54, 1.807) is 12.0 Å². The molecule has 0 aliphatic carbocycles. The Labute approximate surface area is 249 Å². The fraction of sp³-hybridized carbons (Fsp3) is 0.152. The van der Waals surface area contributed by atoms with Crippen LogP contribution < -0.4 is 14.2 Å². The average molecular weight is 585 g/mol. The lowest BCUT2D eigenvalue weighted by Crippen LogP contribution is -2.28. The average Bonchev–Trinajstić information content (AvgIpc) is 3.27. The van der Waals surface area contributed by atoms with Gasteiger partial charge in [-0.15, -0.1) is 0 Å². The van der Waals surface area contributed by atoms with Crippen LogP contribution in [0.25, 0.3) is 6.08 Å². The third-order valence-electron chi connectivity index (χ3n) is 6.28. The van der Waals surface area contributed by atoms with Gasteiger partial charge in [-0.2, -0.15) is 0 Å². The lowest BCUT2D eigenvalue weighted by Gasteiger charge is -2.16. The van der Waals surface area contributed by atoms with Gasteiger partial charge < -0.3 is 14.2 Å². The van der Waals surface area contributed by atoms with Crippen molar-refractivity contribution in [3.8, 4) is 17.2 Å². The number of aliphatic imine (C=N–C) groups is 1. The minimum atomic E-state index is -0.113. The molecular formula is C33H29ClN2O4S. The van der Waals surface area contributed by atoms with E-state index in [0.29, 0.717) is 46.4 Å². The first-order valence-corrected chi connectivity index (χ1v) is 14.3. The number of amides is 1. The van der Waals surface area contributed by atoms with Crippen LogP contribution in [-0.4, -0.2) is 29.7 Å². The van der Waals surface area contributed by atoms with Gasteiger partial charge in [0.2, 0.25) is 0 Å². The van der Waals surface area contributed by atoms with Gasteiger partial charge in [0.25, 0.3) is 5.91 Å². The Morgan fingerprint density at radius 3 is 2.39 bits per heavy atom. The lowest BCUT2D eigenvalue weighted by molar-refractivity contribution is -0.122. The van der Waals surface area contributed by atoms with Crippen molar-refractivity contribution in [2.45, 2.75) is 20.1 Å². The molecule has 41 heavy (non-hydrogen) atoms. The Bertz CT molecular complexity index is 1570. The number of carbonyl (C=O) groups excluding carboxylic acids is 1.